The fourth-order valence-electron chi connectivity index (χ4n) is 1.71. The standard InChI is InChI=1S/C16H17ClN2O/c17-14-6-8-15(9-7-14)20-12-16(18)19-11-10-13-4-2-1-3-5-13/h1-9H,10-12H2,(H2,18,19). The molecule has 0 aliphatic carbocycles. The van der Waals surface area contributed by atoms with Gasteiger partial charge in [0.2, 0.25) is 0 Å². The first-order chi connectivity index (χ1) is 9.74. The lowest BCUT2D eigenvalue weighted by atomic mass is 10.2. The van der Waals surface area contributed by atoms with Gasteiger partial charge in [0.1, 0.15) is 18.2 Å². The Morgan fingerprint density at radius 1 is 1.05 bits per heavy atom. The zero-order valence-electron chi connectivity index (χ0n) is 11.1. The van der Waals surface area contributed by atoms with Crippen molar-refractivity contribution in [2.45, 2.75) is 6.42 Å². The number of hydrogen-bond donors (Lipinski definition) is 1. The van der Waals surface area contributed by atoms with E-state index in [2.05, 4.69) is 17.1 Å². The van der Waals surface area contributed by atoms with Crippen LogP contribution < -0.4 is 10.5 Å². The second kappa shape index (κ2) is 7.56. The average Bonchev–Trinajstić information content (AvgIpc) is 2.48. The number of nitrogens with zero attached hydrogens (tertiary/aromatic N) is 1. The Bertz CT molecular complexity index is 552. The molecule has 2 rings (SSSR count). The predicted octanol–water partition coefficient (Wildman–Crippen LogP) is 3.32. The highest BCUT2D eigenvalue weighted by molar-refractivity contribution is 6.30. The molecule has 0 saturated heterocycles. The monoisotopic (exact) mass is 288 g/mol. The maximum absolute atomic E-state index is 5.81. The van der Waals surface area contributed by atoms with Crippen molar-refractivity contribution in [1.29, 1.82) is 0 Å². The Hall–Kier alpha value is -2.00. The third kappa shape index (κ3) is 4.94. The van der Waals surface area contributed by atoms with Gasteiger partial charge in [0.15, 0.2) is 0 Å². The first-order valence-corrected chi connectivity index (χ1v) is 6.83. The molecule has 2 aromatic rings. The van der Waals surface area contributed by atoms with Crippen LogP contribution in [0.4, 0.5) is 0 Å². The van der Waals surface area contributed by atoms with Crippen molar-refractivity contribution >= 4 is 17.4 Å². The second-order valence-corrected chi connectivity index (χ2v) is 4.79. The van der Waals surface area contributed by atoms with Crippen LogP contribution in [-0.2, 0) is 6.42 Å². The van der Waals surface area contributed by atoms with Gasteiger partial charge in [0.05, 0.1) is 0 Å². The van der Waals surface area contributed by atoms with E-state index in [1.54, 1.807) is 24.3 Å². The molecule has 0 saturated carbocycles. The lowest BCUT2D eigenvalue weighted by Crippen LogP contribution is -2.21. The molecule has 0 radical (unpaired) electrons. The van der Waals surface area contributed by atoms with Gasteiger partial charge in [-0.05, 0) is 36.2 Å². The largest absolute Gasteiger partial charge is 0.486 e. The molecule has 0 fully saturated rings. The molecular formula is C16H17ClN2O. The number of benzene rings is 2. The van der Waals surface area contributed by atoms with E-state index in [9.17, 15) is 0 Å². The highest BCUT2D eigenvalue weighted by Crippen LogP contribution is 2.15. The summed E-state index contributed by atoms with van der Waals surface area (Å²) >= 11 is 5.80. The Labute approximate surface area is 124 Å². The molecule has 0 bridgehead atoms. The minimum atomic E-state index is 0.288. The quantitative estimate of drug-likeness (QED) is 0.655. The van der Waals surface area contributed by atoms with Gasteiger partial charge >= 0.3 is 0 Å². The molecule has 0 aliphatic heterocycles. The van der Waals surface area contributed by atoms with E-state index in [4.69, 9.17) is 22.1 Å². The summed E-state index contributed by atoms with van der Waals surface area (Å²) in [5.74, 6) is 1.23. The fourth-order valence-corrected chi connectivity index (χ4v) is 1.83. The molecule has 3 nitrogen and oxygen atoms in total. The van der Waals surface area contributed by atoms with Crippen LogP contribution in [0, 0.1) is 0 Å². The third-order valence-electron chi connectivity index (χ3n) is 2.76. The van der Waals surface area contributed by atoms with Gasteiger partial charge in [-0.2, -0.15) is 0 Å². The Balaban J connectivity index is 1.75. The summed E-state index contributed by atoms with van der Waals surface area (Å²) in [5.41, 5.74) is 7.07. The van der Waals surface area contributed by atoms with Crippen molar-refractivity contribution in [2.75, 3.05) is 13.2 Å². The van der Waals surface area contributed by atoms with Crippen LogP contribution in [0.25, 0.3) is 0 Å². The van der Waals surface area contributed by atoms with Crippen molar-refractivity contribution in [3.05, 3.63) is 65.2 Å². The lowest BCUT2D eigenvalue weighted by Gasteiger charge is -2.06. The van der Waals surface area contributed by atoms with Crippen molar-refractivity contribution in [3.8, 4) is 5.75 Å². The molecular weight excluding hydrogens is 272 g/mol. The number of nitrogens with two attached hydrogens (primary N) is 1. The summed E-state index contributed by atoms with van der Waals surface area (Å²) in [6, 6.07) is 17.4. The summed E-state index contributed by atoms with van der Waals surface area (Å²) in [6.45, 7) is 0.955. The van der Waals surface area contributed by atoms with Crippen molar-refractivity contribution in [1.82, 2.24) is 0 Å². The summed E-state index contributed by atoms with van der Waals surface area (Å²) in [5, 5.41) is 0.682. The molecule has 0 heterocycles. The lowest BCUT2D eigenvalue weighted by molar-refractivity contribution is 0.375. The molecule has 0 aromatic heterocycles. The number of aliphatic imine (C=N–C) groups is 1. The summed E-state index contributed by atoms with van der Waals surface area (Å²) in [7, 11) is 0. The Morgan fingerprint density at radius 2 is 1.75 bits per heavy atom. The zero-order chi connectivity index (χ0) is 14.2. The van der Waals surface area contributed by atoms with Gasteiger partial charge in [0.25, 0.3) is 0 Å². The number of rotatable bonds is 6. The van der Waals surface area contributed by atoms with E-state index in [1.807, 2.05) is 18.2 Å². The van der Waals surface area contributed by atoms with E-state index < -0.39 is 0 Å². The van der Waals surface area contributed by atoms with Gasteiger partial charge in [-0.3, -0.25) is 4.99 Å². The van der Waals surface area contributed by atoms with Crippen LogP contribution in [0.2, 0.25) is 5.02 Å². The first kappa shape index (κ1) is 14.4. The molecule has 104 valence electrons. The van der Waals surface area contributed by atoms with E-state index in [0.29, 0.717) is 17.4 Å². The van der Waals surface area contributed by atoms with Gasteiger partial charge in [0, 0.05) is 11.6 Å². The molecule has 0 unspecified atom stereocenters. The summed E-state index contributed by atoms with van der Waals surface area (Å²) < 4.78 is 5.51. The molecule has 0 amide bonds. The van der Waals surface area contributed by atoms with Crippen LogP contribution in [0.15, 0.2) is 59.6 Å². The van der Waals surface area contributed by atoms with Gasteiger partial charge < -0.3 is 10.5 Å². The summed E-state index contributed by atoms with van der Waals surface area (Å²) in [4.78, 5) is 4.30. The molecule has 2 N–H and O–H groups in total. The smallest absolute Gasteiger partial charge is 0.145 e. The predicted molar refractivity (Wildman–Crippen MR) is 83.6 cm³/mol. The molecule has 2 aromatic carbocycles. The second-order valence-electron chi connectivity index (χ2n) is 4.35. The maximum atomic E-state index is 5.81. The van der Waals surface area contributed by atoms with Crippen LogP contribution in [0.3, 0.4) is 0 Å². The maximum Gasteiger partial charge on any atom is 0.145 e. The van der Waals surface area contributed by atoms with Crippen LogP contribution in [0.1, 0.15) is 5.56 Å². The average molecular weight is 289 g/mol. The highest BCUT2D eigenvalue weighted by atomic mass is 35.5. The van der Waals surface area contributed by atoms with Crippen molar-refractivity contribution < 1.29 is 4.74 Å². The highest BCUT2D eigenvalue weighted by Gasteiger charge is 1.97. The minimum Gasteiger partial charge on any atom is -0.486 e. The van der Waals surface area contributed by atoms with E-state index >= 15 is 0 Å². The van der Waals surface area contributed by atoms with Gasteiger partial charge in [-0.15, -0.1) is 0 Å². The van der Waals surface area contributed by atoms with Crippen LogP contribution >= 0.6 is 11.6 Å². The summed E-state index contributed by atoms with van der Waals surface area (Å²) in [6.07, 6.45) is 0.877. The van der Waals surface area contributed by atoms with E-state index in [0.717, 1.165) is 12.2 Å². The molecule has 20 heavy (non-hydrogen) atoms. The number of amidine groups is 1. The SMILES string of the molecule is NC(COc1ccc(Cl)cc1)=NCCc1ccccc1. The number of halogens is 1. The number of ether oxygens (including phenoxy) is 1. The van der Waals surface area contributed by atoms with Crippen LogP contribution in [-0.4, -0.2) is 19.0 Å². The van der Waals surface area contributed by atoms with E-state index in [-0.39, 0.29) is 6.61 Å². The van der Waals surface area contributed by atoms with Gasteiger partial charge in [-0.1, -0.05) is 41.9 Å². The molecule has 0 aliphatic rings. The topological polar surface area (TPSA) is 47.6 Å². The van der Waals surface area contributed by atoms with Crippen LogP contribution in [0.5, 0.6) is 5.75 Å². The first-order valence-electron chi connectivity index (χ1n) is 6.45. The number of hydrogen-bond acceptors (Lipinski definition) is 2. The molecule has 4 heteroatoms. The minimum absolute atomic E-state index is 0.288. The zero-order valence-corrected chi connectivity index (χ0v) is 11.9. The Kier molecular flexibility index (Phi) is 5.44. The van der Waals surface area contributed by atoms with Crippen molar-refractivity contribution in [2.24, 2.45) is 10.7 Å². The molecule has 0 spiro atoms. The Morgan fingerprint density at radius 3 is 2.45 bits per heavy atom. The molecule has 0 atom stereocenters. The van der Waals surface area contributed by atoms with Gasteiger partial charge in [-0.25, -0.2) is 0 Å². The van der Waals surface area contributed by atoms with Crippen molar-refractivity contribution in [3.63, 3.8) is 0 Å². The fraction of sp³-hybridized carbons (Fsp3) is 0.188. The third-order valence-corrected chi connectivity index (χ3v) is 3.01. The van der Waals surface area contributed by atoms with E-state index in [1.165, 1.54) is 5.56 Å². The normalized spacial score (nSPS) is 11.3.